The van der Waals surface area contributed by atoms with Gasteiger partial charge in [0.1, 0.15) is 5.75 Å². The number of carboxylic acids is 1. The van der Waals surface area contributed by atoms with Gasteiger partial charge in [0.25, 0.3) is 0 Å². The average molecular weight is 285 g/mol. The fraction of sp³-hybridized carbons (Fsp3) is 0.250. The fourth-order valence-corrected chi connectivity index (χ4v) is 1.63. The van der Waals surface area contributed by atoms with Crippen LogP contribution in [0, 0.1) is 0 Å². The lowest BCUT2D eigenvalue weighted by Gasteiger charge is -2.07. The van der Waals surface area contributed by atoms with E-state index >= 15 is 0 Å². The molecule has 1 rings (SSSR count). The van der Waals surface area contributed by atoms with E-state index in [-0.39, 0.29) is 0 Å². The van der Waals surface area contributed by atoms with E-state index in [1.54, 1.807) is 0 Å². The number of halogens is 1. The second kappa shape index (κ2) is 6.33. The summed E-state index contributed by atoms with van der Waals surface area (Å²) in [4.78, 5) is 10.3. The normalized spacial score (nSPS) is 10.6. The number of ether oxygens (including phenoxy) is 1. The van der Waals surface area contributed by atoms with Crippen LogP contribution in [0.4, 0.5) is 0 Å². The van der Waals surface area contributed by atoms with Crippen molar-refractivity contribution >= 4 is 28.0 Å². The third-order valence-electron chi connectivity index (χ3n) is 1.84. The number of benzene rings is 1. The van der Waals surface area contributed by atoms with Gasteiger partial charge in [-0.25, -0.2) is 4.79 Å². The highest BCUT2D eigenvalue weighted by Gasteiger charge is 2.01. The molecule has 86 valence electrons. The topological polar surface area (TPSA) is 46.5 Å². The van der Waals surface area contributed by atoms with E-state index in [2.05, 4.69) is 15.9 Å². The molecule has 0 saturated heterocycles. The predicted octanol–water partition coefficient (Wildman–Crippen LogP) is 3.34. The summed E-state index contributed by atoms with van der Waals surface area (Å²) in [7, 11) is 0. The minimum absolute atomic E-state index is 0.670. The molecular formula is C12H13BrO3. The second-order valence-corrected chi connectivity index (χ2v) is 4.06. The van der Waals surface area contributed by atoms with Crippen LogP contribution in [0.25, 0.3) is 6.08 Å². The Balaban J connectivity index is 2.78. The molecule has 0 aliphatic heterocycles. The van der Waals surface area contributed by atoms with E-state index < -0.39 is 5.97 Å². The summed E-state index contributed by atoms with van der Waals surface area (Å²) in [5.41, 5.74) is 0.818. The van der Waals surface area contributed by atoms with Gasteiger partial charge in [0.15, 0.2) is 0 Å². The van der Waals surface area contributed by atoms with Gasteiger partial charge in [-0.3, -0.25) is 0 Å². The Morgan fingerprint density at radius 2 is 2.31 bits per heavy atom. The quantitative estimate of drug-likeness (QED) is 0.844. The van der Waals surface area contributed by atoms with Crippen molar-refractivity contribution in [3.8, 4) is 5.75 Å². The molecule has 3 nitrogen and oxygen atoms in total. The van der Waals surface area contributed by atoms with Gasteiger partial charge in [-0.2, -0.15) is 0 Å². The number of hydrogen-bond acceptors (Lipinski definition) is 2. The molecule has 1 aromatic rings. The first-order valence-corrected chi connectivity index (χ1v) is 5.76. The van der Waals surface area contributed by atoms with E-state index in [1.165, 1.54) is 6.08 Å². The smallest absolute Gasteiger partial charge is 0.328 e. The van der Waals surface area contributed by atoms with Gasteiger partial charge in [0.05, 0.1) is 11.1 Å². The summed E-state index contributed by atoms with van der Waals surface area (Å²) in [5.74, 6) is -0.184. The van der Waals surface area contributed by atoms with Gasteiger partial charge >= 0.3 is 5.97 Å². The van der Waals surface area contributed by atoms with Crippen LogP contribution >= 0.6 is 15.9 Å². The van der Waals surface area contributed by atoms with Gasteiger partial charge in [-0.05, 0) is 46.1 Å². The molecular weight excluding hydrogens is 272 g/mol. The maximum atomic E-state index is 10.3. The van der Waals surface area contributed by atoms with Crippen molar-refractivity contribution in [2.75, 3.05) is 6.61 Å². The van der Waals surface area contributed by atoms with Crippen LogP contribution in [0.3, 0.4) is 0 Å². The molecule has 0 atom stereocenters. The highest BCUT2D eigenvalue weighted by molar-refractivity contribution is 9.10. The van der Waals surface area contributed by atoms with Crippen LogP contribution in [0.15, 0.2) is 28.7 Å². The molecule has 4 heteroatoms. The Morgan fingerprint density at radius 3 is 2.88 bits per heavy atom. The van der Waals surface area contributed by atoms with Crippen LogP contribution in [0.1, 0.15) is 18.9 Å². The fourth-order valence-electron chi connectivity index (χ4n) is 1.12. The molecule has 0 bridgehead atoms. The Hall–Kier alpha value is -1.29. The lowest BCUT2D eigenvalue weighted by atomic mass is 10.2. The van der Waals surface area contributed by atoms with Gasteiger partial charge in [0, 0.05) is 6.08 Å². The average Bonchev–Trinajstić information content (AvgIpc) is 2.25. The predicted molar refractivity (Wildman–Crippen MR) is 66.6 cm³/mol. The Morgan fingerprint density at radius 1 is 1.56 bits per heavy atom. The van der Waals surface area contributed by atoms with E-state index in [9.17, 15) is 4.79 Å². The summed E-state index contributed by atoms with van der Waals surface area (Å²) in [5, 5.41) is 8.49. The molecule has 1 aromatic carbocycles. The largest absolute Gasteiger partial charge is 0.492 e. The molecule has 0 heterocycles. The zero-order chi connectivity index (χ0) is 12.0. The van der Waals surface area contributed by atoms with Crippen molar-refractivity contribution in [2.24, 2.45) is 0 Å². The molecule has 0 fully saturated rings. The molecule has 16 heavy (non-hydrogen) atoms. The van der Waals surface area contributed by atoms with Gasteiger partial charge in [0.2, 0.25) is 0 Å². The molecule has 0 aromatic heterocycles. The summed E-state index contributed by atoms with van der Waals surface area (Å²) in [6.07, 6.45) is 3.60. The standard InChI is InChI=1S/C12H13BrO3/c1-2-7-16-11-5-3-9(8-10(11)13)4-6-12(14)15/h3-6,8H,2,7H2,1H3,(H,14,15)/b6-4+. The second-order valence-electron chi connectivity index (χ2n) is 3.21. The number of rotatable bonds is 5. The molecule has 0 radical (unpaired) electrons. The van der Waals surface area contributed by atoms with E-state index in [0.717, 1.165) is 28.3 Å². The lowest BCUT2D eigenvalue weighted by molar-refractivity contribution is -0.131. The molecule has 0 spiro atoms. The van der Waals surface area contributed by atoms with Crippen molar-refractivity contribution in [1.82, 2.24) is 0 Å². The van der Waals surface area contributed by atoms with Crippen molar-refractivity contribution in [3.63, 3.8) is 0 Å². The molecule has 0 unspecified atom stereocenters. The van der Waals surface area contributed by atoms with Crippen LogP contribution < -0.4 is 4.74 Å². The molecule has 0 saturated carbocycles. The van der Waals surface area contributed by atoms with Crippen molar-refractivity contribution in [2.45, 2.75) is 13.3 Å². The maximum Gasteiger partial charge on any atom is 0.328 e. The van der Waals surface area contributed by atoms with Crippen molar-refractivity contribution in [1.29, 1.82) is 0 Å². The van der Waals surface area contributed by atoms with E-state index in [0.29, 0.717) is 6.61 Å². The van der Waals surface area contributed by atoms with Crippen molar-refractivity contribution < 1.29 is 14.6 Å². The van der Waals surface area contributed by atoms with Crippen molar-refractivity contribution in [3.05, 3.63) is 34.3 Å². The Kier molecular flexibility index (Phi) is 5.05. The monoisotopic (exact) mass is 284 g/mol. The van der Waals surface area contributed by atoms with Gasteiger partial charge < -0.3 is 9.84 Å². The summed E-state index contributed by atoms with van der Waals surface area (Å²) in [6.45, 7) is 2.71. The Bertz CT molecular complexity index is 399. The first-order valence-electron chi connectivity index (χ1n) is 4.97. The SMILES string of the molecule is CCCOc1ccc(/C=C/C(=O)O)cc1Br. The lowest BCUT2D eigenvalue weighted by Crippen LogP contribution is -1.95. The summed E-state index contributed by atoms with van der Waals surface area (Å²) >= 11 is 3.38. The van der Waals surface area contributed by atoms with E-state index in [1.807, 2.05) is 25.1 Å². The first kappa shape index (κ1) is 12.8. The third kappa shape index (κ3) is 4.06. The molecule has 0 aliphatic rings. The Labute approximate surface area is 103 Å². The minimum atomic E-state index is -0.956. The summed E-state index contributed by atoms with van der Waals surface area (Å²) in [6, 6.07) is 5.46. The van der Waals surface area contributed by atoms with Crippen LogP contribution in [-0.4, -0.2) is 17.7 Å². The van der Waals surface area contributed by atoms with Gasteiger partial charge in [-0.1, -0.05) is 13.0 Å². The number of carboxylic acid groups (broad SMARTS) is 1. The zero-order valence-corrected chi connectivity index (χ0v) is 10.5. The highest BCUT2D eigenvalue weighted by Crippen LogP contribution is 2.26. The molecule has 0 amide bonds. The third-order valence-corrected chi connectivity index (χ3v) is 2.46. The molecule has 1 N–H and O–H groups in total. The van der Waals surface area contributed by atoms with Crippen LogP contribution in [0.5, 0.6) is 5.75 Å². The number of hydrogen-bond donors (Lipinski definition) is 1. The van der Waals surface area contributed by atoms with Crippen LogP contribution in [-0.2, 0) is 4.79 Å². The number of carbonyl (C=O) groups is 1. The maximum absolute atomic E-state index is 10.3. The van der Waals surface area contributed by atoms with E-state index in [4.69, 9.17) is 9.84 Å². The van der Waals surface area contributed by atoms with Gasteiger partial charge in [-0.15, -0.1) is 0 Å². The zero-order valence-electron chi connectivity index (χ0n) is 8.94. The molecule has 0 aliphatic carbocycles. The van der Waals surface area contributed by atoms with Crippen LogP contribution in [0.2, 0.25) is 0 Å². The minimum Gasteiger partial charge on any atom is -0.492 e. The number of aliphatic carboxylic acids is 1. The highest BCUT2D eigenvalue weighted by atomic mass is 79.9. The summed E-state index contributed by atoms with van der Waals surface area (Å²) < 4.78 is 6.31. The first-order chi connectivity index (χ1) is 7.63.